The van der Waals surface area contributed by atoms with E-state index in [1.807, 2.05) is 18.2 Å². The summed E-state index contributed by atoms with van der Waals surface area (Å²) >= 11 is 0. The van der Waals surface area contributed by atoms with E-state index in [1.165, 1.54) is 18.2 Å². The summed E-state index contributed by atoms with van der Waals surface area (Å²) in [4.78, 5) is 36.7. The van der Waals surface area contributed by atoms with Gasteiger partial charge in [-0.25, -0.2) is 14.3 Å². The molecular weight excluding hydrogens is 641 g/mol. The topological polar surface area (TPSA) is 147 Å². The van der Waals surface area contributed by atoms with Gasteiger partial charge < -0.3 is 25.8 Å². The minimum atomic E-state index is -4.82. The first-order chi connectivity index (χ1) is 23.1. The highest BCUT2D eigenvalue weighted by Crippen LogP contribution is 2.32. The van der Waals surface area contributed by atoms with Gasteiger partial charge in [-0.1, -0.05) is 36.4 Å². The van der Waals surface area contributed by atoms with E-state index in [9.17, 15) is 27.6 Å². The highest BCUT2D eigenvalue weighted by molar-refractivity contribution is 6.03. The van der Waals surface area contributed by atoms with Gasteiger partial charge in [0.05, 0.1) is 11.7 Å². The quantitative estimate of drug-likeness (QED) is 0.112. The van der Waals surface area contributed by atoms with Crippen LogP contribution in [0.4, 0.5) is 34.1 Å². The van der Waals surface area contributed by atoms with Gasteiger partial charge >= 0.3 is 18.4 Å². The van der Waals surface area contributed by atoms with E-state index in [2.05, 4.69) is 26.4 Å². The van der Waals surface area contributed by atoms with Crippen molar-refractivity contribution in [2.45, 2.75) is 58.0 Å². The number of nitrogens with zero attached hydrogens (tertiary/aromatic N) is 2. The number of anilines is 2. The molecule has 0 radical (unpaired) electrons. The normalized spacial score (nSPS) is 13.8. The summed E-state index contributed by atoms with van der Waals surface area (Å²) in [5.41, 5.74) is 0.942. The van der Waals surface area contributed by atoms with Crippen LogP contribution in [-0.2, 0) is 17.5 Å². The lowest BCUT2D eigenvalue weighted by molar-refractivity contribution is -0.141. The van der Waals surface area contributed by atoms with Crippen molar-refractivity contribution in [2.24, 2.45) is 5.92 Å². The summed E-state index contributed by atoms with van der Waals surface area (Å²) in [5, 5.41) is 23.8. The number of aromatic nitrogens is 2. The number of rotatable bonds is 11. The number of halogens is 3. The molecule has 1 aliphatic carbocycles. The monoisotopic (exact) mass is 678 g/mol. The van der Waals surface area contributed by atoms with E-state index < -0.39 is 35.6 Å². The van der Waals surface area contributed by atoms with Crippen LogP contribution in [0.25, 0.3) is 5.69 Å². The number of benzene rings is 3. The minimum Gasteiger partial charge on any atom is -0.465 e. The number of carboxylic acid groups (broad SMARTS) is 1. The van der Waals surface area contributed by atoms with Gasteiger partial charge in [-0.15, -0.1) is 0 Å². The molecule has 3 aromatic carbocycles. The standard InChI is InChI=1S/C35H37F3N6O5/c1-34(2,3)49-33(48)42-25-14-12-23(13-15-25)30(39-19-21-10-11-21)24-7-5-8-26(17-24)41-31(45)28-18-29(35(36,37)38)43-44(28)27-9-4-6-22(16-27)20-40-32(46)47/h4-9,12-18,21,30,39-40H,10-11,19-20H2,1-3H3,(H,41,45)(H,42,48)(H,46,47). The molecule has 0 aliphatic heterocycles. The number of amides is 3. The zero-order valence-electron chi connectivity index (χ0n) is 27.1. The highest BCUT2D eigenvalue weighted by atomic mass is 19.4. The second-order valence-electron chi connectivity index (χ2n) is 12.8. The maximum atomic E-state index is 13.7. The third-order valence-electron chi connectivity index (χ3n) is 7.51. The molecular formula is C35H37F3N6O5. The summed E-state index contributed by atoms with van der Waals surface area (Å²) in [6, 6.07) is 20.7. The van der Waals surface area contributed by atoms with Crippen molar-refractivity contribution < 1.29 is 37.4 Å². The molecule has 1 saturated carbocycles. The molecule has 3 amide bonds. The molecule has 1 aliphatic rings. The summed E-state index contributed by atoms with van der Waals surface area (Å²) in [6.07, 6.45) is -4.40. The Morgan fingerprint density at radius 1 is 0.918 bits per heavy atom. The molecule has 0 bridgehead atoms. The SMILES string of the molecule is CC(C)(C)OC(=O)Nc1ccc(C(NCC2CC2)c2cccc(NC(=O)c3cc(C(F)(F)F)nn3-c3cccc(CNC(=O)O)c3)c2)cc1. The number of carbonyl (C=O) groups excluding carboxylic acids is 2. The lowest BCUT2D eigenvalue weighted by atomic mass is 9.97. The fraction of sp³-hybridized carbons (Fsp3) is 0.314. The van der Waals surface area contributed by atoms with E-state index in [0.717, 1.165) is 35.2 Å². The van der Waals surface area contributed by atoms with Gasteiger partial charge in [0, 0.05) is 24.0 Å². The number of hydrogen-bond acceptors (Lipinski definition) is 6. The van der Waals surface area contributed by atoms with Crippen LogP contribution in [0.1, 0.15) is 72.5 Å². The molecule has 14 heteroatoms. The fourth-order valence-corrected chi connectivity index (χ4v) is 5.06. The Balaban J connectivity index is 1.39. The van der Waals surface area contributed by atoms with Crippen LogP contribution >= 0.6 is 0 Å². The largest absolute Gasteiger partial charge is 0.465 e. The molecule has 11 nitrogen and oxygen atoms in total. The Labute approximate surface area is 280 Å². The van der Waals surface area contributed by atoms with Gasteiger partial charge in [0.15, 0.2) is 5.69 Å². The number of nitrogens with one attached hydrogen (secondary N) is 4. The molecule has 1 atom stereocenters. The van der Waals surface area contributed by atoms with Crippen LogP contribution in [0.15, 0.2) is 78.9 Å². The molecule has 4 aromatic rings. The second-order valence-corrected chi connectivity index (χ2v) is 12.8. The van der Waals surface area contributed by atoms with Gasteiger partial charge in [0.2, 0.25) is 0 Å². The Morgan fingerprint density at radius 3 is 2.29 bits per heavy atom. The molecule has 5 N–H and O–H groups in total. The number of ether oxygens (including phenoxy) is 1. The number of carbonyl (C=O) groups is 3. The first-order valence-electron chi connectivity index (χ1n) is 15.6. The fourth-order valence-electron chi connectivity index (χ4n) is 5.06. The van der Waals surface area contributed by atoms with Gasteiger partial charge in [-0.3, -0.25) is 10.1 Å². The Kier molecular flexibility index (Phi) is 10.3. The predicted octanol–water partition coefficient (Wildman–Crippen LogP) is 7.35. The van der Waals surface area contributed by atoms with Crippen molar-refractivity contribution in [2.75, 3.05) is 17.2 Å². The van der Waals surface area contributed by atoms with Crippen molar-refractivity contribution in [3.05, 3.63) is 107 Å². The highest BCUT2D eigenvalue weighted by Gasteiger charge is 2.36. The van der Waals surface area contributed by atoms with Gasteiger partial charge in [-0.05, 0) is 99.2 Å². The van der Waals surface area contributed by atoms with E-state index in [4.69, 9.17) is 9.84 Å². The van der Waals surface area contributed by atoms with Crippen molar-refractivity contribution in [3.63, 3.8) is 0 Å². The second kappa shape index (κ2) is 14.4. The van der Waals surface area contributed by atoms with Gasteiger partial charge in [0.1, 0.15) is 11.3 Å². The van der Waals surface area contributed by atoms with Crippen LogP contribution < -0.4 is 21.3 Å². The molecule has 258 valence electrons. The Hall–Kier alpha value is -5.37. The zero-order chi connectivity index (χ0) is 35.3. The van der Waals surface area contributed by atoms with Crippen molar-refractivity contribution in [3.8, 4) is 5.69 Å². The predicted molar refractivity (Wildman–Crippen MR) is 177 cm³/mol. The third kappa shape index (κ3) is 9.83. The first-order valence-corrected chi connectivity index (χ1v) is 15.6. The minimum absolute atomic E-state index is 0.0934. The lowest BCUT2D eigenvalue weighted by Gasteiger charge is -2.22. The van der Waals surface area contributed by atoms with E-state index >= 15 is 0 Å². The first kappa shape index (κ1) is 35.0. The molecule has 49 heavy (non-hydrogen) atoms. The average molecular weight is 679 g/mol. The molecule has 5 rings (SSSR count). The zero-order valence-corrected chi connectivity index (χ0v) is 27.1. The van der Waals surface area contributed by atoms with E-state index in [-0.39, 0.29) is 24.0 Å². The lowest BCUT2D eigenvalue weighted by Crippen LogP contribution is -2.27. The Bertz CT molecular complexity index is 1810. The summed E-state index contributed by atoms with van der Waals surface area (Å²) < 4.78 is 47.5. The molecule has 1 heterocycles. The van der Waals surface area contributed by atoms with Crippen LogP contribution in [-0.4, -0.2) is 45.1 Å². The smallest absolute Gasteiger partial charge is 0.435 e. The summed E-state index contributed by atoms with van der Waals surface area (Å²) in [7, 11) is 0. The molecule has 1 aromatic heterocycles. The third-order valence-corrected chi connectivity index (χ3v) is 7.51. The molecule has 1 unspecified atom stereocenters. The van der Waals surface area contributed by atoms with E-state index in [1.54, 1.807) is 57.2 Å². The number of hydrogen-bond donors (Lipinski definition) is 5. The Morgan fingerprint density at radius 2 is 1.63 bits per heavy atom. The van der Waals surface area contributed by atoms with Crippen molar-refractivity contribution in [1.29, 1.82) is 0 Å². The van der Waals surface area contributed by atoms with Crippen LogP contribution in [0.5, 0.6) is 0 Å². The van der Waals surface area contributed by atoms with Crippen molar-refractivity contribution in [1.82, 2.24) is 20.4 Å². The van der Waals surface area contributed by atoms with E-state index in [0.29, 0.717) is 28.9 Å². The maximum absolute atomic E-state index is 13.7. The summed E-state index contributed by atoms with van der Waals surface area (Å²) in [5.74, 6) is -0.269. The number of alkyl halides is 3. The van der Waals surface area contributed by atoms with Gasteiger partial charge in [0.25, 0.3) is 5.91 Å². The van der Waals surface area contributed by atoms with Crippen LogP contribution in [0, 0.1) is 5.92 Å². The molecule has 1 fully saturated rings. The van der Waals surface area contributed by atoms with Crippen molar-refractivity contribution >= 4 is 29.5 Å². The average Bonchev–Trinajstić information content (AvgIpc) is 3.73. The van der Waals surface area contributed by atoms with Gasteiger partial charge in [-0.2, -0.15) is 18.3 Å². The molecule has 0 spiro atoms. The molecule has 0 saturated heterocycles. The van der Waals surface area contributed by atoms with Crippen LogP contribution in [0.2, 0.25) is 0 Å². The van der Waals surface area contributed by atoms with Crippen LogP contribution in [0.3, 0.4) is 0 Å². The summed E-state index contributed by atoms with van der Waals surface area (Å²) in [6.45, 7) is 6.00. The maximum Gasteiger partial charge on any atom is 0.435 e.